The van der Waals surface area contributed by atoms with E-state index in [9.17, 15) is 14.4 Å². The van der Waals surface area contributed by atoms with Crippen LogP contribution in [-0.4, -0.2) is 51.8 Å². The molecule has 1 atom stereocenters. The third kappa shape index (κ3) is 10.1. The van der Waals surface area contributed by atoms with Gasteiger partial charge in [0.25, 0.3) is 0 Å². The molecule has 0 aliphatic rings. The van der Waals surface area contributed by atoms with Gasteiger partial charge < -0.3 is 15.6 Å². The summed E-state index contributed by atoms with van der Waals surface area (Å²) in [6.45, 7) is 7.34. The smallest absolute Gasteiger partial charge is 0.328 e. The van der Waals surface area contributed by atoms with Crippen molar-refractivity contribution in [2.75, 3.05) is 5.75 Å². The monoisotopic (exact) mass is 329 g/mol. The fourth-order valence-electron chi connectivity index (χ4n) is 1.46. The summed E-state index contributed by atoms with van der Waals surface area (Å²) in [6.07, 6.45) is 0.515. The van der Waals surface area contributed by atoms with E-state index < -0.39 is 17.8 Å². The van der Waals surface area contributed by atoms with Gasteiger partial charge in [-0.25, -0.2) is 4.79 Å². The summed E-state index contributed by atoms with van der Waals surface area (Å²) in [6, 6.07) is -0.890. The summed E-state index contributed by atoms with van der Waals surface area (Å²) >= 11 is 1.45. The molecule has 0 fully saturated rings. The van der Waals surface area contributed by atoms with Crippen molar-refractivity contribution < 1.29 is 23.9 Å². The van der Waals surface area contributed by atoms with Crippen LogP contribution in [0.1, 0.15) is 40.5 Å². The number of rotatable bonds is 10. The predicted octanol–water partition coefficient (Wildman–Crippen LogP) is 1.21. The first-order valence-corrected chi connectivity index (χ1v) is 8.12. The zero-order chi connectivity index (χ0) is 17.1. The van der Waals surface area contributed by atoms with E-state index in [0.717, 1.165) is 6.21 Å². The number of nitrogens with one attached hydrogen (secondary N) is 1. The van der Waals surface area contributed by atoms with Crippen LogP contribution in [0.5, 0.6) is 0 Å². The van der Waals surface area contributed by atoms with E-state index >= 15 is 0 Å². The van der Waals surface area contributed by atoms with Crippen LogP contribution < -0.4 is 5.32 Å². The van der Waals surface area contributed by atoms with Gasteiger partial charge in [-0.2, -0.15) is 4.79 Å². The Balaban J connectivity index is 4.63. The van der Waals surface area contributed by atoms with Gasteiger partial charge in [-0.1, -0.05) is 13.8 Å². The highest BCUT2D eigenvalue weighted by Gasteiger charge is 2.24. The normalized spacial score (nSPS) is 11.7. The van der Waals surface area contributed by atoms with Gasteiger partial charge in [-0.3, -0.25) is 9.59 Å². The fourth-order valence-corrected chi connectivity index (χ4v) is 2.03. The fraction of sp³-hybridized carbons (Fsp3) is 0.714. The molecule has 22 heavy (non-hydrogen) atoms. The second-order valence-electron chi connectivity index (χ2n) is 5.22. The number of esters is 1. The Hall–Kier alpha value is -1.66. The maximum absolute atomic E-state index is 12.0. The summed E-state index contributed by atoms with van der Waals surface area (Å²) in [5, 5.41) is 2.88. The third-order valence-corrected chi connectivity index (χ3v) is 3.50. The zero-order valence-corrected chi connectivity index (χ0v) is 14.2. The third-order valence-electron chi connectivity index (χ3n) is 2.40. The van der Waals surface area contributed by atoms with Gasteiger partial charge in [0.15, 0.2) is 0 Å². The standard InChI is InChI=1S/C14H23N3O4S/c1-9(2)21-14(20)12(6-5-11(18)7-16-15)17-13(19)8-22-10(3)4/h7,9-10,12H,5-6,8H2,1-4H3,(H,17,19)/t12-/m0/s1. The van der Waals surface area contributed by atoms with Gasteiger partial charge in [0.1, 0.15) is 6.04 Å². The van der Waals surface area contributed by atoms with Crippen LogP contribution >= 0.6 is 11.8 Å². The lowest BCUT2D eigenvalue weighted by molar-refractivity contribution is -0.151. The number of carbonyl (C=O) groups is 3. The van der Waals surface area contributed by atoms with Crippen LogP contribution in [-0.2, 0) is 19.1 Å². The topological polar surface area (TPSA) is 109 Å². The Morgan fingerprint density at radius 2 is 1.91 bits per heavy atom. The highest BCUT2D eigenvalue weighted by molar-refractivity contribution is 8.00. The van der Waals surface area contributed by atoms with Gasteiger partial charge in [0.05, 0.1) is 11.9 Å². The van der Waals surface area contributed by atoms with Crippen molar-refractivity contribution >= 4 is 35.6 Å². The van der Waals surface area contributed by atoms with Crippen LogP contribution in [0.25, 0.3) is 5.53 Å². The van der Waals surface area contributed by atoms with Gasteiger partial charge in [0, 0.05) is 6.42 Å². The van der Waals surface area contributed by atoms with Crippen molar-refractivity contribution in [2.45, 2.75) is 57.9 Å². The maximum atomic E-state index is 12.0. The van der Waals surface area contributed by atoms with Gasteiger partial charge in [-0.05, 0) is 25.5 Å². The van der Waals surface area contributed by atoms with Crippen molar-refractivity contribution in [3.05, 3.63) is 5.53 Å². The average molecular weight is 329 g/mol. The zero-order valence-electron chi connectivity index (χ0n) is 13.4. The molecule has 124 valence electrons. The molecule has 0 aliphatic carbocycles. The van der Waals surface area contributed by atoms with Crippen LogP contribution in [0.4, 0.5) is 0 Å². The van der Waals surface area contributed by atoms with Crippen molar-refractivity contribution in [3.63, 3.8) is 0 Å². The summed E-state index contributed by atoms with van der Waals surface area (Å²) < 4.78 is 5.08. The number of carbonyl (C=O) groups excluding carboxylic acids is 3. The second kappa shape index (κ2) is 11.0. The largest absolute Gasteiger partial charge is 0.461 e. The van der Waals surface area contributed by atoms with Crippen molar-refractivity contribution in [3.8, 4) is 0 Å². The maximum Gasteiger partial charge on any atom is 0.328 e. The Morgan fingerprint density at radius 3 is 2.41 bits per heavy atom. The molecule has 0 unspecified atom stereocenters. The predicted molar refractivity (Wildman–Crippen MR) is 84.7 cm³/mol. The lowest BCUT2D eigenvalue weighted by Crippen LogP contribution is -2.43. The molecule has 0 rings (SSSR count). The summed E-state index contributed by atoms with van der Waals surface area (Å²) in [4.78, 5) is 37.7. The molecule has 0 heterocycles. The molecule has 0 bridgehead atoms. The van der Waals surface area contributed by atoms with Crippen LogP contribution in [0.3, 0.4) is 0 Å². The van der Waals surface area contributed by atoms with E-state index in [2.05, 4.69) is 10.1 Å². The molecule has 0 radical (unpaired) electrons. The Kier molecular flexibility index (Phi) is 10.2. The van der Waals surface area contributed by atoms with Gasteiger partial charge in [0.2, 0.25) is 11.7 Å². The molecule has 0 saturated heterocycles. The first-order chi connectivity index (χ1) is 10.3. The number of amides is 1. The molecule has 0 spiro atoms. The number of ether oxygens (including phenoxy) is 1. The first kappa shape index (κ1) is 20.3. The summed E-state index contributed by atoms with van der Waals surface area (Å²) in [7, 11) is 0. The number of nitrogens with zero attached hydrogens (tertiary/aromatic N) is 2. The molecule has 0 saturated carbocycles. The lowest BCUT2D eigenvalue weighted by Gasteiger charge is -2.18. The number of hydrogen-bond donors (Lipinski definition) is 1. The Morgan fingerprint density at radius 1 is 1.27 bits per heavy atom. The number of hydrogen-bond acceptors (Lipinski definition) is 5. The van der Waals surface area contributed by atoms with Crippen molar-refractivity contribution in [2.24, 2.45) is 0 Å². The molecule has 0 aliphatic heterocycles. The minimum absolute atomic E-state index is 0.0282. The molecule has 0 aromatic heterocycles. The number of thioether (sulfide) groups is 1. The van der Waals surface area contributed by atoms with Gasteiger partial charge in [-0.15, -0.1) is 11.8 Å². The molecule has 1 N–H and O–H groups in total. The number of ketones is 1. The van der Waals surface area contributed by atoms with E-state index in [-0.39, 0.29) is 30.6 Å². The Labute approximate surface area is 134 Å². The first-order valence-electron chi connectivity index (χ1n) is 7.08. The molecule has 7 nitrogen and oxygen atoms in total. The molecule has 0 aromatic rings. The highest BCUT2D eigenvalue weighted by Crippen LogP contribution is 2.09. The van der Waals surface area contributed by atoms with E-state index in [0.29, 0.717) is 5.25 Å². The minimum Gasteiger partial charge on any atom is -0.461 e. The quantitative estimate of drug-likeness (QED) is 0.280. The van der Waals surface area contributed by atoms with Crippen molar-refractivity contribution in [1.29, 1.82) is 0 Å². The van der Waals surface area contributed by atoms with Crippen LogP contribution in [0.2, 0.25) is 0 Å². The minimum atomic E-state index is -0.890. The number of Topliss-reactive ketones (excluding diaryl/α,β-unsaturated/α-hetero) is 1. The van der Waals surface area contributed by atoms with E-state index in [1.54, 1.807) is 13.8 Å². The van der Waals surface area contributed by atoms with E-state index in [1.807, 2.05) is 13.8 Å². The molecule has 1 amide bonds. The molecular weight excluding hydrogens is 306 g/mol. The summed E-state index contributed by atoms with van der Waals surface area (Å²) in [5.41, 5.74) is 8.28. The van der Waals surface area contributed by atoms with Crippen LogP contribution in [0, 0.1) is 0 Å². The molecular formula is C14H23N3O4S. The van der Waals surface area contributed by atoms with Crippen molar-refractivity contribution in [1.82, 2.24) is 5.32 Å². The van der Waals surface area contributed by atoms with E-state index in [1.165, 1.54) is 11.8 Å². The lowest BCUT2D eigenvalue weighted by atomic mass is 10.1. The Bertz CT molecular complexity index is 445. The van der Waals surface area contributed by atoms with E-state index in [4.69, 9.17) is 10.3 Å². The van der Waals surface area contributed by atoms with Crippen LogP contribution in [0.15, 0.2) is 0 Å². The average Bonchev–Trinajstić information content (AvgIpc) is 2.40. The van der Waals surface area contributed by atoms with Gasteiger partial charge >= 0.3 is 12.2 Å². The second-order valence-corrected chi connectivity index (χ2v) is 6.78. The highest BCUT2D eigenvalue weighted by atomic mass is 32.2. The summed E-state index contributed by atoms with van der Waals surface area (Å²) in [5.74, 6) is -1.07. The SMILES string of the molecule is CC(C)OC(=O)[C@H](CCC(=O)C=[N+]=[N-])NC(=O)CSC(C)C. The molecule has 8 heteroatoms. The molecule has 0 aromatic carbocycles.